The van der Waals surface area contributed by atoms with Gasteiger partial charge in [0.15, 0.2) is 10.9 Å². The molecule has 2 atom stereocenters. The third-order valence-electron chi connectivity index (χ3n) is 6.71. The molecule has 1 aliphatic carbocycles. The van der Waals surface area contributed by atoms with E-state index in [9.17, 15) is 9.59 Å². The smallest absolute Gasteiger partial charge is 0.327 e. The quantitative estimate of drug-likeness (QED) is 0.570. The molecule has 0 saturated heterocycles. The lowest BCUT2D eigenvalue weighted by molar-refractivity contribution is 0.380. The Bertz CT molecular complexity index is 1490. The minimum atomic E-state index is -0.589. The molecule has 0 spiro atoms. The second-order valence-corrected chi connectivity index (χ2v) is 10.3. The SMILES string of the molecule is Cc1ccc(C2C3=C4NC(=S)N=C5CC(C)(C)CC(=NC3=Nc3[nH]c(=O)[nH]c(=O)c32)C54)cc1. The van der Waals surface area contributed by atoms with Crippen molar-refractivity contribution in [3.8, 4) is 0 Å². The number of aromatic amines is 2. The first-order chi connectivity index (χ1) is 15.7. The second kappa shape index (κ2) is 6.77. The fourth-order valence-electron chi connectivity index (χ4n) is 5.42. The maximum atomic E-state index is 13.0. The first-order valence-corrected chi connectivity index (χ1v) is 11.3. The number of thiocarbonyl (C=S) groups is 1. The molecule has 1 aromatic carbocycles. The van der Waals surface area contributed by atoms with Crippen molar-refractivity contribution in [2.75, 3.05) is 0 Å². The summed E-state index contributed by atoms with van der Waals surface area (Å²) in [6, 6.07) is 8.03. The van der Waals surface area contributed by atoms with E-state index in [4.69, 9.17) is 17.2 Å². The number of aliphatic imine (C=N–C) groups is 3. The van der Waals surface area contributed by atoms with E-state index in [1.165, 1.54) is 0 Å². The van der Waals surface area contributed by atoms with E-state index >= 15 is 0 Å². The Morgan fingerprint density at radius 1 is 0.970 bits per heavy atom. The molecule has 2 aromatic rings. The number of amidine groups is 1. The van der Waals surface area contributed by atoms with Crippen LogP contribution in [0.1, 0.15) is 49.3 Å². The first kappa shape index (κ1) is 20.2. The number of rotatable bonds is 1. The zero-order valence-corrected chi connectivity index (χ0v) is 19.3. The Morgan fingerprint density at radius 2 is 1.67 bits per heavy atom. The summed E-state index contributed by atoms with van der Waals surface area (Å²) < 4.78 is 0. The Labute approximate surface area is 194 Å². The molecule has 1 saturated carbocycles. The van der Waals surface area contributed by atoms with E-state index in [2.05, 4.69) is 39.1 Å². The van der Waals surface area contributed by atoms with Crippen LogP contribution in [0.15, 0.2) is 60.1 Å². The summed E-state index contributed by atoms with van der Waals surface area (Å²) >= 11 is 5.51. The van der Waals surface area contributed by atoms with Gasteiger partial charge in [0.25, 0.3) is 5.56 Å². The Morgan fingerprint density at radius 3 is 2.39 bits per heavy atom. The van der Waals surface area contributed by atoms with E-state index in [0.717, 1.165) is 46.7 Å². The predicted octanol–water partition coefficient (Wildman–Crippen LogP) is 3.02. The highest BCUT2D eigenvalue weighted by Crippen LogP contribution is 2.47. The van der Waals surface area contributed by atoms with Gasteiger partial charge in [0.05, 0.1) is 11.5 Å². The van der Waals surface area contributed by atoms with E-state index < -0.39 is 17.2 Å². The number of fused-ring (bicyclic) bond motifs is 2. The van der Waals surface area contributed by atoms with E-state index in [1.54, 1.807) is 0 Å². The van der Waals surface area contributed by atoms with Gasteiger partial charge in [-0.25, -0.2) is 19.8 Å². The van der Waals surface area contributed by atoms with Crippen LogP contribution in [0.2, 0.25) is 0 Å². The van der Waals surface area contributed by atoms with Crippen LogP contribution in [-0.4, -0.2) is 32.3 Å². The molecule has 0 bridgehead atoms. The summed E-state index contributed by atoms with van der Waals surface area (Å²) in [7, 11) is 0. The lowest BCUT2D eigenvalue weighted by atomic mass is 9.66. The number of benzene rings is 1. The van der Waals surface area contributed by atoms with Crippen LogP contribution in [0, 0.1) is 18.3 Å². The molecule has 3 N–H and O–H groups in total. The van der Waals surface area contributed by atoms with Crippen LogP contribution in [-0.2, 0) is 0 Å². The van der Waals surface area contributed by atoms with Crippen molar-refractivity contribution in [3.63, 3.8) is 0 Å². The largest absolute Gasteiger partial charge is 0.333 e. The van der Waals surface area contributed by atoms with Crippen molar-refractivity contribution in [3.05, 3.63) is 73.1 Å². The molecule has 1 aromatic heterocycles. The first-order valence-electron chi connectivity index (χ1n) is 10.9. The van der Waals surface area contributed by atoms with Crippen molar-refractivity contribution >= 4 is 40.4 Å². The summed E-state index contributed by atoms with van der Waals surface area (Å²) in [6.45, 7) is 6.41. The van der Waals surface area contributed by atoms with Crippen LogP contribution in [0.25, 0.3) is 0 Å². The minimum absolute atomic E-state index is 0.00130. The average Bonchev–Trinajstić information content (AvgIpc) is 2.71. The Balaban J connectivity index is 1.68. The van der Waals surface area contributed by atoms with E-state index in [-0.39, 0.29) is 17.2 Å². The summed E-state index contributed by atoms with van der Waals surface area (Å²) in [5.74, 6) is 0.192. The van der Waals surface area contributed by atoms with Gasteiger partial charge in [-0.05, 0) is 43.0 Å². The molecular formula is C24H22N6O2S. The number of allylic oxidation sites excluding steroid dienone is 1. The number of nitrogens with zero attached hydrogens (tertiary/aromatic N) is 3. The van der Waals surface area contributed by atoms with Crippen molar-refractivity contribution in [2.45, 2.75) is 39.5 Å². The van der Waals surface area contributed by atoms with Gasteiger partial charge in [0, 0.05) is 28.6 Å². The average molecular weight is 459 g/mol. The molecule has 8 nitrogen and oxygen atoms in total. The number of hydrogen-bond donors (Lipinski definition) is 3. The van der Waals surface area contributed by atoms with Gasteiger partial charge in [-0.3, -0.25) is 14.8 Å². The van der Waals surface area contributed by atoms with Crippen molar-refractivity contribution in [1.29, 1.82) is 0 Å². The second-order valence-electron chi connectivity index (χ2n) is 9.86. The molecule has 4 aliphatic rings. The van der Waals surface area contributed by atoms with Crippen LogP contribution in [0.5, 0.6) is 0 Å². The van der Waals surface area contributed by atoms with Crippen LogP contribution in [0.4, 0.5) is 5.82 Å². The highest BCUT2D eigenvalue weighted by molar-refractivity contribution is 7.80. The molecule has 9 heteroatoms. The molecule has 6 rings (SSSR count). The van der Waals surface area contributed by atoms with Gasteiger partial charge in [0.2, 0.25) is 0 Å². The fraction of sp³-hybridized carbons (Fsp3) is 0.333. The standard InChI is InChI=1S/C24H22N6O2S/c1-10-4-6-11(7-5-10)14-16-18-15-12(8-24(2,3)9-13(15)26-23(33)27-18)25-19(16)28-20-17(14)21(31)30-22(32)29-20/h4-7,14-15H,8-9H2,1-3H3,(H,27,33)(H2,29,30,31,32). The Hall–Kier alpha value is -3.46. The number of H-pyrrole nitrogens is 2. The molecule has 3 aliphatic heterocycles. The number of aryl methyl sites for hydroxylation is 1. The molecular weight excluding hydrogens is 436 g/mol. The van der Waals surface area contributed by atoms with Crippen molar-refractivity contribution in [2.24, 2.45) is 26.3 Å². The molecule has 33 heavy (non-hydrogen) atoms. The van der Waals surface area contributed by atoms with Gasteiger partial charge < -0.3 is 5.32 Å². The van der Waals surface area contributed by atoms with Crippen LogP contribution >= 0.6 is 12.2 Å². The molecule has 166 valence electrons. The highest BCUT2D eigenvalue weighted by atomic mass is 32.1. The molecule has 1 fully saturated rings. The van der Waals surface area contributed by atoms with Gasteiger partial charge >= 0.3 is 5.69 Å². The Kier molecular flexibility index (Phi) is 4.14. The van der Waals surface area contributed by atoms with Crippen molar-refractivity contribution in [1.82, 2.24) is 15.3 Å². The monoisotopic (exact) mass is 458 g/mol. The van der Waals surface area contributed by atoms with Gasteiger partial charge in [-0.15, -0.1) is 0 Å². The molecule has 0 amide bonds. The van der Waals surface area contributed by atoms with Crippen LogP contribution < -0.4 is 16.6 Å². The maximum Gasteiger partial charge on any atom is 0.327 e. The van der Waals surface area contributed by atoms with Crippen molar-refractivity contribution < 1.29 is 0 Å². The summed E-state index contributed by atoms with van der Waals surface area (Å²) in [5, 5.41) is 3.73. The highest BCUT2D eigenvalue weighted by Gasteiger charge is 2.47. The lowest BCUT2D eigenvalue weighted by Crippen LogP contribution is -2.50. The maximum absolute atomic E-state index is 13.0. The zero-order valence-electron chi connectivity index (χ0n) is 18.4. The fourth-order valence-corrected chi connectivity index (χ4v) is 5.65. The van der Waals surface area contributed by atoms with Gasteiger partial charge in [-0.2, -0.15) is 0 Å². The van der Waals surface area contributed by atoms with Gasteiger partial charge in [-0.1, -0.05) is 43.7 Å². The normalized spacial score (nSPS) is 24.6. The number of aromatic nitrogens is 2. The molecule has 0 radical (unpaired) electrons. The third kappa shape index (κ3) is 3.10. The number of hydrogen-bond acceptors (Lipinski definition) is 5. The summed E-state index contributed by atoms with van der Waals surface area (Å²) in [4.78, 5) is 44.5. The summed E-state index contributed by atoms with van der Waals surface area (Å²) in [5.41, 5.74) is 5.07. The molecule has 4 heterocycles. The van der Waals surface area contributed by atoms with E-state index in [0.29, 0.717) is 16.5 Å². The third-order valence-corrected chi connectivity index (χ3v) is 6.90. The van der Waals surface area contributed by atoms with E-state index in [1.807, 2.05) is 31.2 Å². The number of dihydropyridines is 1. The summed E-state index contributed by atoms with van der Waals surface area (Å²) in [6.07, 6.45) is 1.62. The topological polar surface area (TPSA) is 115 Å². The lowest BCUT2D eigenvalue weighted by Gasteiger charge is -2.44. The van der Waals surface area contributed by atoms with Crippen LogP contribution in [0.3, 0.4) is 0 Å². The minimum Gasteiger partial charge on any atom is -0.333 e. The number of nitrogens with one attached hydrogen (secondary N) is 3. The predicted molar refractivity (Wildman–Crippen MR) is 132 cm³/mol. The zero-order chi connectivity index (χ0) is 23.1. The molecule has 2 unspecified atom stereocenters. The van der Waals surface area contributed by atoms with Gasteiger partial charge in [0.1, 0.15) is 5.82 Å².